The largest absolute Gasteiger partial charge is 0.388 e. The summed E-state index contributed by atoms with van der Waals surface area (Å²) in [7, 11) is -7.86. The van der Waals surface area contributed by atoms with Crippen LogP contribution in [0, 0.1) is 6.92 Å². The van der Waals surface area contributed by atoms with E-state index in [0.29, 0.717) is 23.0 Å². The predicted octanol–water partition coefficient (Wildman–Crippen LogP) is 4.06. The van der Waals surface area contributed by atoms with E-state index in [4.69, 9.17) is 0 Å². The number of benzene rings is 3. The number of nitrogens with one attached hydrogen (secondary N) is 2. The van der Waals surface area contributed by atoms with Crippen molar-refractivity contribution in [3.63, 3.8) is 0 Å². The van der Waals surface area contributed by atoms with Gasteiger partial charge in [0.05, 0.1) is 16.3 Å². The highest BCUT2D eigenvalue weighted by atomic mass is 32.2. The molecule has 3 rings (SSSR count). The maximum atomic E-state index is 11.9. The first-order valence-electron chi connectivity index (χ1n) is 9.34. The van der Waals surface area contributed by atoms with Crippen LogP contribution in [0.1, 0.15) is 12.5 Å². The molecule has 11 nitrogen and oxygen atoms in total. The van der Waals surface area contributed by atoms with Crippen molar-refractivity contribution in [2.75, 3.05) is 17.7 Å². The van der Waals surface area contributed by atoms with Crippen molar-refractivity contribution in [2.24, 2.45) is 10.2 Å². The number of hydrogen-bond acceptors (Lipinski definition) is 8. The Balaban J connectivity index is 2.18. The summed E-state index contributed by atoms with van der Waals surface area (Å²) in [5, 5.41) is 14.0. The van der Waals surface area contributed by atoms with Crippen LogP contribution in [0.5, 0.6) is 0 Å². The fraction of sp³-hybridized carbons (Fsp3) is 0.150. The lowest BCUT2D eigenvalue weighted by Crippen LogP contribution is -2.06. The van der Waals surface area contributed by atoms with Crippen molar-refractivity contribution < 1.29 is 30.7 Å². The fourth-order valence-corrected chi connectivity index (χ4v) is 4.50. The fourth-order valence-electron chi connectivity index (χ4n) is 3.17. The summed E-state index contributed by atoms with van der Waals surface area (Å²) >= 11 is 0. The van der Waals surface area contributed by atoms with E-state index >= 15 is 0 Å². The van der Waals surface area contributed by atoms with Crippen LogP contribution in [0.4, 0.5) is 22.7 Å². The highest BCUT2D eigenvalue weighted by Gasteiger charge is 2.21. The zero-order valence-electron chi connectivity index (χ0n) is 17.7. The van der Waals surface area contributed by atoms with Gasteiger partial charge in [0.1, 0.15) is 10.6 Å². The van der Waals surface area contributed by atoms with Crippen molar-refractivity contribution in [2.45, 2.75) is 23.6 Å². The number of anilines is 2. The van der Waals surface area contributed by atoms with Crippen LogP contribution in [0.3, 0.4) is 0 Å². The van der Waals surface area contributed by atoms with Crippen LogP contribution in [-0.2, 0) is 25.0 Å². The number of nitrogens with zero attached hydrogens (tertiary/aromatic N) is 2. The number of hydrogen-bond donors (Lipinski definition) is 4. The lowest BCUT2D eigenvalue weighted by Gasteiger charge is -2.10. The molecule has 0 saturated carbocycles. The molecule has 0 saturated heterocycles. The highest BCUT2D eigenvalue weighted by molar-refractivity contribution is 7.86. The van der Waals surface area contributed by atoms with Gasteiger partial charge in [0, 0.05) is 25.0 Å². The van der Waals surface area contributed by atoms with E-state index in [1.54, 1.807) is 32.2 Å². The van der Waals surface area contributed by atoms with Gasteiger partial charge in [-0.25, -0.2) is 0 Å². The SMILES string of the molecule is CNc1ccc(N=Nc2cc(C)c3cc(S(=O)(=O)O)cc(S(=O)(=O)O)c3c2)c(NC(C)=O)c1. The summed E-state index contributed by atoms with van der Waals surface area (Å²) in [6.45, 7) is 2.92. The zero-order chi connectivity index (χ0) is 24.6. The number of fused-ring (bicyclic) bond motifs is 1. The topological polar surface area (TPSA) is 175 Å². The number of azo groups is 1. The maximum Gasteiger partial charge on any atom is 0.295 e. The Hall–Kier alpha value is -3.39. The average Bonchev–Trinajstić information content (AvgIpc) is 2.70. The standard InChI is InChI=1S/C20H20N4O7S2/c1-11-6-14(23-24-18-5-4-13(21-3)8-19(18)22-12(2)25)7-17-16(11)9-15(32(26,27)28)10-20(17)33(29,30)31/h4-10,21H,1-3H3,(H,22,25)(H,26,27,28)(H,29,30,31). The Kier molecular flexibility index (Phi) is 6.51. The van der Waals surface area contributed by atoms with E-state index in [9.17, 15) is 30.7 Å². The Morgan fingerprint density at radius 3 is 2.18 bits per heavy atom. The molecular weight excluding hydrogens is 472 g/mol. The lowest BCUT2D eigenvalue weighted by molar-refractivity contribution is -0.114. The Labute approximate surface area is 190 Å². The van der Waals surface area contributed by atoms with Gasteiger partial charge in [0.25, 0.3) is 20.2 Å². The van der Waals surface area contributed by atoms with E-state index in [1.165, 1.54) is 19.1 Å². The molecule has 0 aliphatic rings. The molecule has 1 amide bonds. The van der Waals surface area contributed by atoms with Crippen LogP contribution in [-0.4, -0.2) is 38.9 Å². The Morgan fingerprint density at radius 2 is 1.61 bits per heavy atom. The number of carbonyl (C=O) groups is 1. The first-order valence-corrected chi connectivity index (χ1v) is 12.2. The molecule has 13 heteroatoms. The van der Waals surface area contributed by atoms with Crippen LogP contribution < -0.4 is 10.6 Å². The molecule has 4 N–H and O–H groups in total. The molecule has 3 aromatic rings. The van der Waals surface area contributed by atoms with Crippen molar-refractivity contribution in [3.05, 3.63) is 48.0 Å². The van der Waals surface area contributed by atoms with Gasteiger partial charge < -0.3 is 10.6 Å². The second-order valence-electron chi connectivity index (χ2n) is 7.09. The molecule has 0 heterocycles. The summed E-state index contributed by atoms with van der Waals surface area (Å²) in [6, 6.07) is 9.60. The van der Waals surface area contributed by atoms with Gasteiger partial charge in [-0.05, 0) is 60.3 Å². The van der Waals surface area contributed by atoms with E-state index in [2.05, 4.69) is 20.9 Å². The molecule has 0 fully saturated rings. The van der Waals surface area contributed by atoms with E-state index in [-0.39, 0.29) is 22.4 Å². The van der Waals surface area contributed by atoms with Gasteiger partial charge in [-0.1, -0.05) is 0 Å². The van der Waals surface area contributed by atoms with Crippen LogP contribution in [0.2, 0.25) is 0 Å². The molecule has 3 aromatic carbocycles. The van der Waals surface area contributed by atoms with Gasteiger partial charge in [-0.15, -0.1) is 5.11 Å². The molecule has 174 valence electrons. The zero-order valence-corrected chi connectivity index (χ0v) is 19.3. The quantitative estimate of drug-likeness (QED) is 0.294. The molecule has 0 bridgehead atoms. The van der Waals surface area contributed by atoms with Crippen molar-refractivity contribution in [1.82, 2.24) is 0 Å². The smallest absolute Gasteiger partial charge is 0.295 e. The minimum absolute atomic E-state index is 0.00790. The number of rotatable bonds is 6. The van der Waals surface area contributed by atoms with Gasteiger partial charge in [-0.3, -0.25) is 13.9 Å². The maximum absolute atomic E-state index is 11.9. The third-order valence-corrected chi connectivity index (χ3v) is 6.37. The molecular formula is C20H20N4O7S2. The third kappa shape index (κ3) is 5.51. The summed E-state index contributed by atoms with van der Waals surface area (Å²) in [5.74, 6) is -0.311. The molecule has 0 spiro atoms. The highest BCUT2D eigenvalue weighted by Crippen LogP contribution is 2.35. The van der Waals surface area contributed by atoms with Gasteiger partial charge in [0.15, 0.2) is 0 Å². The summed E-state index contributed by atoms with van der Waals surface area (Å²) in [4.78, 5) is 10.1. The van der Waals surface area contributed by atoms with E-state index < -0.39 is 30.0 Å². The molecule has 0 radical (unpaired) electrons. The molecule has 0 aliphatic carbocycles. The van der Waals surface area contributed by atoms with E-state index in [1.807, 2.05) is 0 Å². The first kappa shape index (κ1) is 24.3. The summed E-state index contributed by atoms with van der Waals surface area (Å²) in [5.41, 5.74) is 2.08. The number of amides is 1. The van der Waals surface area contributed by atoms with Crippen LogP contribution in [0.25, 0.3) is 10.8 Å². The van der Waals surface area contributed by atoms with Gasteiger partial charge in [-0.2, -0.15) is 21.9 Å². The molecule has 33 heavy (non-hydrogen) atoms. The van der Waals surface area contributed by atoms with Gasteiger partial charge in [0.2, 0.25) is 5.91 Å². The number of aryl methyl sites for hydroxylation is 1. The van der Waals surface area contributed by atoms with Crippen molar-refractivity contribution in [3.8, 4) is 0 Å². The van der Waals surface area contributed by atoms with Crippen molar-refractivity contribution in [1.29, 1.82) is 0 Å². The second-order valence-corrected chi connectivity index (χ2v) is 9.90. The van der Waals surface area contributed by atoms with Crippen LogP contribution in [0.15, 0.2) is 62.5 Å². The average molecular weight is 493 g/mol. The molecule has 0 atom stereocenters. The van der Waals surface area contributed by atoms with E-state index in [0.717, 1.165) is 11.8 Å². The monoisotopic (exact) mass is 492 g/mol. The third-order valence-electron chi connectivity index (χ3n) is 4.64. The Morgan fingerprint density at radius 1 is 0.909 bits per heavy atom. The Bertz CT molecular complexity index is 1520. The molecule has 0 unspecified atom stereocenters. The number of carbonyl (C=O) groups excluding carboxylic acids is 1. The van der Waals surface area contributed by atoms with Gasteiger partial charge >= 0.3 is 0 Å². The minimum Gasteiger partial charge on any atom is -0.388 e. The summed E-state index contributed by atoms with van der Waals surface area (Å²) in [6.07, 6.45) is 0. The normalized spacial score (nSPS) is 12.3. The molecule has 0 aliphatic heterocycles. The van der Waals surface area contributed by atoms with Crippen LogP contribution >= 0.6 is 0 Å². The summed E-state index contributed by atoms with van der Waals surface area (Å²) < 4.78 is 65.9. The van der Waals surface area contributed by atoms with Crippen molar-refractivity contribution >= 4 is 59.7 Å². The second kappa shape index (κ2) is 8.86. The predicted molar refractivity (Wildman–Crippen MR) is 123 cm³/mol. The lowest BCUT2D eigenvalue weighted by atomic mass is 10.0. The minimum atomic E-state index is -4.84. The molecule has 0 aromatic heterocycles. The first-order chi connectivity index (χ1) is 15.3.